The van der Waals surface area contributed by atoms with Gasteiger partial charge in [0.1, 0.15) is 11.7 Å². The summed E-state index contributed by atoms with van der Waals surface area (Å²) < 4.78 is 9.27. The highest BCUT2D eigenvalue weighted by Gasteiger charge is 2.24. The maximum atomic E-state index is 12.6. The number of carbonyl (C=O) groups excluding carboxylic acids is 3. The zero-order valence-electron chi connectivity index (χ0n) is 18.8. The Bertz CT molecular complexity index is 1100. The number of H-pyrrole nitrogens is 1. The Morgan fingerprint density at radius 3 is 2.62 bits per heavy atom. The van der Waals surface area contributed by atoms with Gasteiger partial charge < -0.3 is 36.5 Å². The summed E-state index contributed by atoms with van der Waals surface area (Å²) in [6, 6.07) is 5.57. The van der Waals surface area contributed by atoms with E-state index in [0.29, 0.717) is 30.2 Å². The first-order valence-electron chi connectivity index (χ1n) is 10.5. The van der Waals surface area contributed by atoms with Crippen molar-refractivity contribution in [2.24, 2.45) is 0 Å². The third-order valence-electron chi connectivity index (χ3n) is 5.16. The summed E-state index contributed by atoms with van der Waals surface area (Å²) in [5.41, 5.74) is 6.61. The highest BCUT2D eigenvalue weighted by atomic mass is 16.5. The number of methoxy groups -OCH3 is 2. The largest absolute Gasteiger partial charge is 0.469 e. The molecule has 34 heavy (non-hydrogen) atoms. The van der Waals surface area contributed by atoms with E-state index in [4.69, 9.17) is 10.5 Å². The average Bonchev–Trinajstić information content (AvgIpc) is 2.84. The van der Waals surface area contributed by atoms with Crippen LogP contribution in [-0.4, -0.2) is 67.2 Å². The van der Waals surface area contributed by atoms with E-state index in [1.165, 1.54) is 14.2 Å². The van der Waals surface area contributed by atoms with Crippen LogP contribution in [-0.2, 0) is 19.1 Å². The van der Waals surface area contributed by atoms with Crippen LogP contribution in [0, 0.1) is 0 Å². The Morgan fingerprint density at radius 1 is 1.21 bits per heavy atom. The van der Waals surface area contributed by atoms with Gasteiger partial charge in [0.2, 0.25) is 5.95 Å². The van der Waals surface area contributed by atoms with E-state index in [9.17, 15) is 19.2 Å². The van der Waals surface area contributed by atoms with E-state index in [1.807, 2.05) is 0 Å². The first-order valence-corrected chi connectivity index (χ1v) is 10.5. The molecule has 182 valence electrons. The van der Waals surface area contributed by atoms with Crippen molar-refractivity contribution in [3.8, 4) is 0 Å². The van der Waals surface area contributed by atoms with E-state index >= 15 is 0 Å². The Hall–Kier alpha value is -4.29. The van der Waals surface area contributed by atoms with E-state index < -0.39 is 23.9 Å². The molecule has 0 bridgehead atoms. The fraction of sp³-hybridized carbons (Fsp3) is 0.381. The van der Waals surface area contributed by atoms with Gasteiger partial charge in [0.15, 0.2) is 5.82 Å². The molecule has 2 heterocycles. The van der Waals surface area contributed by atoms with Gasteiger partial charge in [-0.05, 0) is 30.7 Å². The molecule has 1 aliphatic rings. The number of esters is 2. The highest BCUT2D eigenvalue weighted by molar-refractivity contribution is 5.97. The van der Waals surface area contributed by atoms with Crippen LogP contribution in [0.4, 0.5) is 23.1 Å². The quantitative estimate of drug-likeness (QED) is 0.267. The van der Waals surface area contributed by atoms with Crippen LogP contribution in [0.25, 0.3) is 0 Å². The van der Waals surface area contributed by atoms with E-state index in [-0.39, 0.29) is 30.4 Å². The summed E-state index contributed by atoms with van der Waals surface area (Å²) in [7, 11) is 2.45. The number of hydrogen-bond donors (Lipinski definition) is 6. The molecule has 0 spiro atoms. The number of nitrogens with two attached hydrogens (primary N) is 1. The Morgan fingerprint density at radius 2 is 1.94 bits per heavy atom. The number of aromatic nitrogens is 2. The number of carbonyl (C=O) groups is 3. The summed E-state index contributed by atoms with van der Waals surface area (Å²) in [6.45, 7) is 1.01. The maximum Gasteiger partial charge on any atom is 0.328 e. The van der Waals surface area contributed by atoms with Crippen LogP contribution in [0.15, 0.2) is 29.1 Å². The summed E-state index contributed by atoms with van der Waals surface area (Å²) in [6.07, 6.45) is 0.0183. The highest BCUT2D eigenvalue weighted by Crippen LogP contribution is 2.20. The van der Waals surface area contributed by atoms with E-state index in [2.05, 4.69) is 36.0 Å². The third kappa shape index (κ3) is 6.15. The van der Waals surface area contributed by atoms with Crippen molar-refractivity contribution in [3.05, 3.63) is 40.2 Å². The van der Waals surface area contributed by atoms with Crippen LogP contribution >= 0.6 is 0 Å². The number of ether oxygens (including phenoxy) is 2. The number of benzene rings is 1. The Labute approximate surface area is 194 Å². The molecule has 1 aromatic carbocycles. The van der Waals surface area contributed by atoms with Crippen molar-refractivity contribution in [3.63, 3.8) is 0 Å². The summed E-state index contributed by atoms with van der Waals surface area (Å²) in [5, 5.41) is 12.0. The number of hydrogen-bond acceptors (Lipinski definition) is 11. The monoisotopic (exact) mass is 473 g/mol. The minimum Gasteiger partial charge on any atom is -0.469 e. The zero-order chi connectivity index (χ0) is 24.7. The summed E-state index contributed by atoms with van der Waals surface area (Å²) in [5.74, 6) is -1.17. The molecule has 7 N–H and O–H groups in total. The molecule has 2 atom stereocenters. The standard InChI is InChI=1S/C21H27N7O6/c1-33-15(29)8-7-14(20(32)34-2)26-18(30)11-3-5-12(6-4-11)23-9-13-10-24-17-16(25-13)19(31)28-21(22)27-17/h3-6,13-14,23,25H,7-10H2,1-2H3,(H,26,30)(H4,22,24,27,28,31)/t13-,14?/m1/s1. The smallest absolute Gasteiger partial charge is 0.328 e. The summed E-state index contributed by atoms with van der Waals surface area (Å²) >= 11 is 0. The minimum atomic E-state index is -0.977. The number of aromatic amines is 1. The normalized spacial score (nSPS) is 15.1. The predicted octanol–water partition coefficient (Wildman–Crippen LogP) is -0.105. The topological polar surface area (TPSA) is 190 Å². The molecule has 1 amide bonds. The molecule has 13 nitrogen and oxygen atoms in total. The van der Waals surface area contributed by atoms with Crippen molar-refractivity contribution in [1.82, 2.24) is 15.3 Å². The van der Waals surface area contributed by atoms with Crippen molar-refractivity contribution < 1.29 is 23.9 Å². The Kier molecular flexibility index (Phi) is 7.90. The van der Waals surface area contributed by atoms with E-state index in [0.717, 1.165) is 5.69 Å². The third-order valence-corrected chi connectivity index (χ3v) is 5.16. The molecule has 0 saturated carbocycles. The number of nitrogen functional groups attached to an aromatic ring is 1. The van der Waals surface area contributed by atoms with Gasteiger partial charge in [-0.15, -0.1) is 0 Å². The fourth-order valence-corrected chi connectivity index (χ4v) is 3.33. The fourth-order valence-electron chi connectivity index (χ4n) is 3.33. The maximum absolute atomic E-state index is 12.6. The van der Waals surface area contributed by atoms with Gasteiger partial charge in [-0.25, -0.2) is 4.79 Å². The van der Waals surface area contributed by atoms with Gasteiger partial charge in [-0.2, -0.15) is 4.98 Å². The molecular formula is C21H27N7O6. The van der Waals surface area contributed by atoms with Gasteiger partial charge in [-0.3, -0.25) is 19.4 Å². The van der Waals surface area contributed by atoms with Gasteiger partial charge in [0, 0.05) is 30.8 Å². The number of amides is 1. The lowest BCUT2D eigenvalue weighted by atomic mass is 10.1. The molecule has 1 aliphatic heterocycles. The van der Waals surface area contributed by atoms with Crippen LogP contribution < -0.4 is 32.6 Å². The molecule has 0 aliphatic carbocycles. The first-order chi connectivity index (χ1) is 16.3. The molecule has 0 saturated heterocycles. The number of rotatable bonds is 9. The number of nitrogens with zero attached hydrogens (tertiary/aromatic N) is 1. The predicted molar refractivity (Wildman–Crippen MR) is 125 cm³/mol. The first kappa shape index (κ1) is 24.4. The second-order valence-electron chi connectivity index (χ2n) is 7.52. The molecule has 0 radical (unpaired) electrons. The second-order valence-corrected chi connectivity index (χ2v) is 7.52. The number of fused-ring (bicyclic) bond motifs is 1. The van der Waals surface area contributed by atoms with Gasteiger partial charge in [0.05, 0.1) is 20.3 Å². The average molecular weight is 473 g/mol. The molecule has 3 rings (SSSR count). The molecule has 1 aromatic heterocycles. The molecule has 13 heteroatoms. The molecule has 2 aromatic rings. The Balaban J connectivity index is 1.55. The SMILES string of the molecule is COC(=O)CCC(NC(=O)c1ccc(NC[C@@H]2CNc3nc(N)[nH]c(=O)c3N2)cc1)C(=O)OC. The van der Waals surface area contributed by atoms with Crippen molar-refractivity contribution in [1.29, 1.82) is 0 Å². The van der Waals surface area contributed by atoms with Crippen molar-refractivity contribution >= 4 is 41.0 Å². The van der Waals surface area contributed by atoms with Crippen LogP contribution in [0.2, 0.25) is 0 Å². The zero-order valence-corrected chi connectivity index (χ0v) is 18.8. The molecule has 0 fully saturated rings. The number of nitrogens with one attached hydrogen (secondary N) is 5. The lowest BCUT2D eigenvalue weighted by Crippen LogP contribution is -2.42. The molecular weight excluding hydrogens is 446 g/mol. The molecule has 1 unspecified atom stereocenters. The summed E-state index contributed by atoms with van der Waals surface area (Å²) in [4.78, 5) is 54.4. The van der Waals surface area contributed by atoms with Gasteiger partial charge >= 0.3 is 11.9 Å². The number of anilines is 4. The lowest BCUT2D eigenvalue weighted by Gasteiger charge is -2.27. The van der Waals surface area contributed by atoms with Crippen molar-refractivity contribution in [2.75, 3.05) is 49.0 Å². The van der Waals surface area contributed by atoms with Gasteiger partial charge in [0.25, 0.3) is 11.5 Å². The second kappa shape index (κ2) is 11.0. The van der Waals surface area contributed by atoms with Crippen LogP contribution in [0.5, 0.6) is 0 Å². The van der Waals surface area contributed by atoms with Crippen LogP contribution in [0.1, 0.15) is 23.2 Å². The van der Waals surface area contributed by atoms with Crippen molar-refractivity contribution in [2.45, 2.75) is 24.9 Å². The lowest BCUT2D eigenvalue weighted by molar-refractivity contribution is -0.144. The van der Waals surface area contributed by atoms with E-state index in [1.54, 1.807) is 24.3 Å². The minimum absolute atomic E-state index is 0.0384. The van der Waals surface area contributed by atoms with Crippen LogP contribution in [0.3, 0.4) is 0 Å². The van der Waals surface area contributed by atoms with Gasteiger partial charge in [-0.1, -0.05) is 0 Å².